The van der Waals surface area contributed by atoms with Crippen molar-refractivity contribution in [2.24, 2.45) is 11.8 Å². The molecular weight excluding hydrogens is 280 g/mol. The first kappa shape index (κ1) is 16.6. The van der Waals surface area contributed by atoms with Crippen LogP contribution in [0.5, 0.6) is 0 Å². The van der Waals surface area contributed by atoms with Gasteiger partial charge in [0, 0.05) is 32.6 Å². The van der Waals surface area contributed by atoms with Gasteiger partial charge in [-0.25, -0.2) is 8.78 Å². The lowest BCUT2D eigenvalue weighted by atomic mass is 9.78. The van der Waals surface area contributed by atoms with Gasteiger partial charge >= 0.3 is 0 Å². The molecule has 1 amide bonds. The second kappa shape index (κ2) is 7.01. The number of ether oxygens (including phenoxy) is 2. The predicted octanol–water partition coefficient (Wildman–Crippen LogP) is 2.37. The molecule has 2 aliphatic carbocycles. The molecule has 0 unspecified atom stereocenters. The molecule has 0 aromatic rings. The Kier molecular flexibility index (Phi) is 5.54. The largest absolute Gasteiger partial charge is 0.381 e. The molecule has 0 radical (unpaired) electrons. The highest BCUT2D eigenvalue weighted by molar-refractivity contribution is 5.79. The van der Waals surface area contributed by atoms with Crippen molar-refractivity contribution < 1.29 is 23.0 Å². The molecular formula is C15H25F2NO3. The molecule has 122 valence electrons. The summed E-state index contributed by atoms with van der Waals surface area (Å²) in [7, 11) is 3.25. The highest BCUT2D eigenvalue weighted by atomic mass is 19.3. The maximum Gasteiger partial charge on any atom is 0.241 e. The van der Waals surface area contributed by atoms with Crippen molar-refractivity contribution in [2.45, 2.75) is 56.7 Å². The standard InChI is InChI=1S/C15H25F2NO3/c1-20-12-7-11(8-12)14(19)18-9-15(21-2)5-3-10(4-6-15)13(16)17/h10-13H,3-9H2,1-2H3,(H,18,19). The molecule has 0 aromatic carbocycles. The van der Waals surface area contributed by atoms with Gasteiger partial charge in [-0.2, -0.15) is 0 Å². The maximum absolute atomic E-state index is 12.7. The molecule has 0 saturated heterocycles. The Morgan fingerprint density at radius 1 is 1.29 bits per heavy atom. The van der Waals surface area contributed by atoms with Crippen LogP contribution in [0.2, 0.25) is 0 Å². The van der Waals surface area contributed by atoms with Crippen molar-refractivity contribution in [3.8, 4) is 0 Å². The van der Waals surface area contributed by atoms with E-state index < -0.39 is 17.9 Å². The van der Waals surface area contributed by atoms with Crippen LogP contribution in [0, 0.1) is 11.8 Å². The van der Waals surface area contributed by atoms with E-state index in [1.807, 2.05) is 0 Å². The molecule has 1 N–H and O–H groups in total. The number of halogens is 2. The summed E-state index contributed by atoms with van der Waals surface area (Å²) in [4.78, 5) is 12.0. The molecule has 2 saturated carbocycles. The van der Waals surface area contributed by atoms with Crippen LogP contribution in [-0.2, 0) is 14.3 Å². The van der Waals surface area contributed by atoms with Crippen LogP contribution in [0.25, 0.3) is 0 Å². The molecule has 2 rings (SSSR count). The molecule has 21 heavy (non-hydrogen) atoms. The lowest BCUT2D eigenvalue weighted by Gasteiger charge is -2.40. The van der Waals surface area contributed by atoms with Crippen LogP contribution in [-0.4, -0.2) is 44.8 Å². The second-order valence-electron chi connectivity index (χ2n) is 6.30. The van der Waals surface area contributed by atoms with E-state index in [4.69, 9.17) is 9.47 Å². The van der Waals surface area contributed by atoms with Gasteiger partial charge in [0.1, 0.15) is 0 Å². The number of hydrogen-bond acceptors (Lipinski definition) is 3. The monoisotopic (exact) mass is 305 g/mol. The summed E-state index contributed by atoms with van der Waals surface area (Å²) < 4.78 is 36.1. The van der Waals surface area contributed by atoms with Crippen LogP contribution < -0.4 is 5.32 Å². The molecule has 0 bridgehead atoms. The van der Waals surface area contributed by atoms with Gasteiger partial charge in [-0.05, 0) is 38.5 Å². The average Bonchev–Trinajstić information content (AvgIpc) is 2.44. The number of hydrogen-bond donors (Lipinski definition) is 1. The van der Waals surface area contributed by atoms with E-state index in [0.29, 0.717) is 32.2 Å². The fraction of sp³-hybridized carbons (Fsp3) is 0.933. The summed E-state index contributed by atoms with van der Waals surface area (Å²) >= 11 is 0. The fourth-order valence-corrected chi connectivity index (χ4v) is 3.24. The van der Waals surface area contributed by atoms with Crippen molar-refractivity contribution in [3.05, 3.63) is 0 Å². The first-order chi connectivity index (χ1) is 9.99. The molecule has 0 spiro atoms. The van der Waals surface area contributed by atoms with Gasteiger partial charge < -0.3 is 14.8 Å². The third kappa shape index (κ3) is 3.92. The zero-order valence-corrected chi connectivity index (χ0v) is 12.7. The molecule has 0 aromatic heterocycles. The van der Waals surface area contributed by atoms with Crippen LogP contribution in [0.3, 0.4) is 0 Å². The van der Waals surface area contributed by atoms with E-state index >= 15 is 0 Å². The summed E-state index contributed by atoms with van der Waals surface area (Å²) in [6.45, 7) is 0.409. The Morgan fingerprint density at radius 3 is 2.38 bits per heavy atom. The number of carbonyl (C=O) groups is 1. The first-order valence-corrected chi connectivity index (χ1v) is 7.63. The predicted molar refractivity (Wildman–Crippen MR) is 74.2 cm³/mol. The molecule has 2 fully saturated rings. The number of alkyl halides is 2. The van der Waals surface area contributed by atoms with Gasteiger partial charge in [0.05, 0.1) is 11.7 Å². The first-order valence-electron chi connectivity index (χ1n) is 7.63. The summed E-state index contributed by atoms with van der Waals surface area (Å²) in [5, 5.41) is 2.93. The minimum Gasteiger partial charge on any atom is -0.381 e. The highest BCUT2D eigenvalue weighted by Gasteiger charge is 2.40. The molecule has 6 heteroatoms. The molecule has 0 atom stereocenters. The van der Waals surface area contributed by atoms with Gasteiger partial charge in [0.2, 0.25) is 12.3 Å². The van der Waals surface area contributed by atoms with Crippen molar-refractivity contribution in [1.29, 1.82) is 0 Å². The summed E-state index contributed by atoms with van der Waals surface area (Å²) in [5.41, 5.74) is -0.481. The molecule has 2 aliphatic rings. The van der Waals surface area contributed by atoms with E-state index in [0.717, 1.165) is 12.8 Å². The van der Waals surface area contributed by atoms with Crippen molar-refractivity contribution in [1.82, 2.24) is 5.32 Å². The Morgan fingerprint density at radius 2 is 1.90 bits per heavy atom. The average molecular weight is 305 g/mol. The third-order valence-electron chi connectivity index (χ3n) is 5.11. The lowest BCUT2D eigenvalue weighted by Crippen LogP contribution is -2.50. The molecule has 4 nitrogen and oxygen atoms in total. The SMILES string of the molecule is COC1CC(C(=O)NCC2(OC)CCC(C(F)F)CC2)C1. The van der Waals surface area contributed by atoms with Crippen LogP contribution in [0.4, 0.5) is 8.78 Å². The molecule has 0 heterocycles. The zero-order chi connectivity index (χ0) is 15.5. The van der Waals surface area contributed by atoms with Crippen molar-refractivity contribution >= 4 is 5.91 Å². The Hall–Kier alpha value is -0.750. The minimum absolute atomic E-state index is 0.0151. The number of amides is 1. The van der Waals surface area contributed by atoms with Gasteiger partial charge in [0.25, 0.3) is 0 Å². The van der Waals surface area contributed by atoms with Gasteiger partial charge in [-0.3, -0.25) is 4.79 Å². The quantitative estimate of drug-likeness (QED) is 0.819. The van der Waals surface area contributed by atoms with Crippen LogP contribution in [0.15, 0.2) is 0 Å². The topological polar surface area (TPSA) is 47.6 Å². The Bertz CT molecular complexity index is 351. The summed E-state index contributed by atoms with van der Waals surface area (Å²) in [6, 6.07) is 0. The number of rotatable bonds is 6. The third-order valence-corrected chi connectivity index (χ3v) is 5.11. The van der Waals surface area contributed by atoms with Crippen LogP contribution in [0.1, 0.15) is 38.5 Å². The van der Waals surface area contributed by atoms with Crippen molar-refractivity contribution in [3.63, 3.8) is 0 Å². The van der Waals surface area contributed by atoms with Crippen molar-refractivity contribution in [2.75, 3.05) is 20.8 Å². The van der Waals surface area contributed by atoms with Gasteiger partial charge in [-0.15, -0.1) is 0 Å². The van der Waals surface area contributed by atoms with E-state index in [2.05, 4.69) is 5.32 Å². The lowest BCUT2D eigenvalue weighted by molar-refractivity contribution is -0.135. The second-order valence-corrected chi connectivity index (χ2v) is 6.30. The summed E-state index contributed by atoms with van der Waals surface area (Å²) in [6.07, 6.45) is 1.52. The van der Waals surface area contributed by atoms with Gasteiger partial charge in [-0.1, -0.05) is 0 Å². The number of nitrogens with one attached hydrogen (secondary N) is 1. The minimum atomic E-state index is -2.25. The normalized spacial score (nSPS) is 36.3. The van der Waals surface area contributed by atoms with Crippen LogP contribution >= 0.6 is 0 Å². The Balaban J connectivity index is 1.76. The molecule has 0 aliphatic heterocycles. The Labute approximate surface area is 124 Å². The zero-order valence-electron chi connectivity index (χ0n) is 12.7. The number of carbonyl (C=O) groups excluding carboxylic acids is 1. The smallest absolute Gasteiger partial charge is 0.241 e. The number of methoxy groups -OCH3 is 2. The van der Waals surface area contributed by atoms with E-state index in [1.54, 1.807) is 14.2 Å². The summed E-state index contributed by atoms with van der Waals surface area (Å²) in [5.74, 6) is -0.491. The van der Waals surface area contributed by atoms with E-state index in [-0.39, 0.29) is 17.9 Å². The van der Waals surface area contributed by atoms with E-state index in [1.165, 1.54) is 0 Å². The maximum atomic E-state index is 12.7. The fourth-order valence-electron chi connectivity index (χ4n) is 3.24. The van der Waals surface area contributed by atoms with E-state index in [9.17, 15) is 13.6 Å². The highest BCUT2D eigenvalue weighted by Crippen LogP contribution is 2.37. The van der Waals surface area contributed by atoms with Gasteiger partial charge in [0.15, 0.2) is 0 Å².